The van der Waals surface area contributed by atoms with Crippen molar-refractivity contribution in [2.24, 2.45) is 0 Å². The van der Waals surface area contributed by atoms with Crippen LogP contribution in [0.25, 0.3) is 11.1 Å². The molecular formula is C29H42N2O5S. The van der Waals surface area contributed by atoms with E-state index < -0.39 is 52.1 Å². The normalized spacial score (nSPS) is 22.4. The SMILES string of the molecule is CC(C)(C)OC(=O)N1CCC[C@@](N[S@+]([O-])C(C)(C)C)(C(O)CO)[C@@H]1Cc1cccc(-c2ccccc2)c1. The van der Waals surface area contributed by atoms with Gasteiger partial charge >= 0.3 is 6.09 Å². The zero-order valence-electron chi connectivity index (χ0n) is 22.9. The predicted molar refractivity (Wildman–Crippen MR) is 148 cm³/mol. The number of ether oxygens (including phenoxy) is 1. The van der Waals surface area contributed by atoms with Gasteiger partial charge in [0.2, 0.25) is 0 Å². The maximum absolute atomic E-state index is 13.4. The Morgan fingerprint density at radius 2 is 1.78 bits per heavy atom. The number of benzene rings is 2. The summed E-state index contributed by atoms with van der Waals surface area (Å²) < 4.78 is 21.7. The average molecular weight is 531 g/mol. The maximum Gasteiger partial charge on any atom is 0.410 e. The number of carbonyl (C=O) groups excluding carboxylic acids is 1. The summed E-state index contributed by atoms with van der Waals surface area (Å²) in [6.45, 7) is 10.9. The lowest BCUT2D eigenvalue weighted by atomic mass is 9.75. The third-order valence-electron chi connectivity index (χ3n) is 6.66. The van der Waals surface area contributed by atoms with Crippen LogP contribution in [0.5, 0.6) is 0 Å². The Balaban J connectivity index is 2.08. The predicted octanol–water partition coefficient (Wildman–Crippen LogP) is 4.44. The van der Waals surface area contributed by atoms with E-state index in [2.05, 4.69) is 10.8 Å². The van der Waals surface area contributed by atoms with E-state index in [1.54, 1.807) is 4.90 Å². The smallest absolute Gasteiger partial charge is 0.410 e. The standard InChI is InChI=1S/C29H42N2O5S/c1-27(2,3)36-26(34)31-17-11-16-29(25(33)20-32,30-37(35)28(4,5)6)24(31)19-21-12-10-15-23(18-21)22-13-8-7-9-14-22/h7-10,12-15,18,24-25,30,32-33H,11,16-17,19-20H2,1-6H3/t24-,25?,29-,37+/m0/s1. The number of nitrogens with zero attached hydrogens (tertiary/aromatic N) is 1. The van der Waals surface area contributed by atoms with Crippen molar-refractivity contribution < 1.29 is 24.3 Å². The number of likely N-dealkylation sites (tertiary alicyclic amines) is 1. The second-order valence-corrected chi connectivity index (χ2v) is 13.8. The Morgan fingerprint density at radius 3 is 2.38 bits per heavy atom. The minimum atomic E-state index is -1.56. The van der Waals surface area contributed by atoms with Gasteiger partial charge < -0.3 is 24.4 Å². The number of piperidine rings is 1. The van der Waals surface area contributed by atoms with Gasteiger partial charge in [-0.15, -0.1) is 4.72 Å². The Bertz CT molecular complexity index is 1040. The molecule has 0 spiro atoms. The molecule has 1 heterocycles. The number of amides is 1. The van der Waals surface area contributed by atoms with E-state index in [1.807, 2.05) is 90.1 Å². The number of aliphatic hydroxyl groups is 2. The summed E-state index contributed by atoms with van der Waals surface area (Å²) in [5, 5.41) is 21.4. The van der Waals surface area contributed by atoms with Gasteiger partial charge in [0, 0.05) is 17.9 Å². The summed E-state index contributed by atoms with van der Waals surface area (Å²) in [5.41, 5.74) is 1.17. The molecule has 1 saturated heterocycles. The van der Waals surface area contributed by atoms with Crippen molar-refractivity contribution in [3.8, 4) is 11.1 Å². The molecule has 0 aliphatic carbocycles. The number of hydrogen-bond acceptors (Lipinski definition) is 6. The highest BCUT2D eigenvalue weighted by molar-refractivity contribution is 7.90. The summed E-state index contributed by atoms with van der Waals surface area (Å²) in [6, 6.07) is 17.5. The lowest BCUT2D eigenvalue weighted by molar-refractivity contribution is -0.0569. The first-order valence-corrected chi connectivity index (χ1v) is 14.0. The summed E-state index contributed by atoms with van der Waals surface area (Å²) >= 11 is -1.56. The van der Waals surface area contributed by atoms with Crippen LogP contribution in [0.15, 0.2) is 54.6 Å². The summed E-state index contributed by atoms with van der Waals surface area (Å²) in [7, 11) is 0. The van der Waals surface area contributed by atoms with Crippen molar-refractivity contribution in [1.29, 1.82) is 0 Å². The van der Waals surface area contributed by atoms with Crippen molar-refractivity contribution in [3.05, 3.63) is 60.2 Å². The van der Waals surface area contributed by atoms with E-state index in [9.17, 15) is 19.6 Å². The zero-order chi connectivity index (χ0) is 27.4. The highest BCUT2D eigenvalue weighted by Crippen LogP contribution is 2.37. The molecule has 1 aliphatic rings. The minimum absolute atomic E-state index is 0.380. The van der Waals surface area contributed by atoms with Crippen LogP contribution in [0.1, 0.15) is 59.9 Å². The molecule has 1 fully saturated rings. The van der Waals surface area contributed by atoms with Gasteiger partial charge in [-0.1, -0.05) is 54.6 Å². The molecule has 1 unspecified atom stereocenters. The molecule has 37 heavy (non-hydrogen) atoms. The zero-order valence-corrected chi connectivity index (χ0v) is 23.7. The lowest BCUT2D eigenvalue weighted by Gasteiger charge is -2.52. The van der Waals surface area contributed by atoms with E-state index >= 15 is 0 Å². The molecule has 3 N–H and O–H groups in total. The lowest BCUT2D eigenvalue weighted by Crippen LogP contribution is -2.73. The van der Waals surface area contributed by atoms with Crippen molar-refractivity contribution >= 4 is 17.5 Å². The van der Waals surface area contributed by atoms with E-state index in [4.69, 9.17) is 4.74 Å². The van der Waals surface area contributed by atoms with Gasteiger partial charge in [0.25, 0.3) is 0 Å². The summed E-state index contributed by atoms with van der Waals surface area (Å²) in [6.07, 6.45) is -0.351. The quantitative estimate of drug-likeness (QED) is 0.457. The molecule has 0 saturated carbocycles. The van der Waals surface area contributed by atoms with Crippen LogP contribution in [-0.4, -0.2) is 66.9 Å². The second kappa shape index (κ2) is 11.7. The molecule has 1 aliphatic heterocycles. The fourth-order valence-electron chi connectivity index (χ4n) is 4.77. The van der Waals surface area contributed by atoms with Gasteiger partial charge in [-0.05, 0) is 77.5 Å². The van der Waals surface area contributed by atoms with Gasteiger partial charge in [0.15, 0.2) is 0 Å². The Labute approximate surface area is 224 Å². The second-order valence-electron chi connectivity index (χ2n) is 11.8. The minimum Gasteiger partial charge on any atom is -0.598 e. The van der Waals surface area contributed by atoms with Crippen LogP contribution in [0.4, 0.5) is 4.79 Å². The molecule has 8 heteroatoms. The van der Waals surface area contributed by atoms with Gasteiger partial charge in [-0.25, -0.2) is 4.79 Å². The fraction of sp³-hybridized carbons (Fsp3) is 0.552. The van der Waals surface area contributed by atoms with E-state index in [1.165, 1.54) is 0 Å². The first-order valence-electron chi connectivity index (χ1n) is 12.9. The molecule has 2 aromatic rings. The van der Waals surface area contributed by atoms with Crippen LogP contribution >= 0.6 is 0 Å². The third-order valence-corrected chi connectivity index (χ3v) is 8.34. The average Bonchev–Trinajstić information content (AvgIpc) is 2.83. The fourth-order valence-corrected chi connectivity index (χ4v) is 5.80. The highest BCUT2D eigenvalue weighted by atomic mass is 32.2. The molecule has 0 aromatic heterocycles. The van der Waals surface area contributed by atoms with Crippen molar-refractivity contribution in [3.63, 3.8) is 0 Å². The summed E-state index contributed by atoms with van der Waals surface area (Å²) in [5.74, 6) is 0. The molecule has 0 bridgehead atoms. The van der Waals surface area contributed by atoms with Crippen LogP contribution in [0.3, 0.4) is 0 Å². The third kappa shape index (κ3) is 7.27. The first-order chi connectivity index (χ1) is 17.3. The molecule has 0 radical (unpaired) electrons. The number of hydrogen-bond donors (Lipinski definition) is 3. The Kier molecular flexibility index (Phi) is 9.35. The van der Waals surface area contributed by atoms with E-state index in [0.29, 0.717) is 25.8 Å². The van der Waals surface area contributed by atoms with E-state index in [-0.39, 0.29) is 0 Å². The Hall–Kier alpha value is -2.10. The van der Waals surface area contributed by atoms with Gasteiger partial charge in [0.1, 0.15) is 22.0 Å². The van der Waals surface area contributed by atoms with Crippen molar-refractivity contribution in [2.45, 2.75) is 88.8 Å². The van der Waals surface area contributed by atoms with Gasteiger partial charge in [-0.2, -0.15) is 0 Å². The molecular weight excluding hydrogens is 488 g/mol. The largest absolute Gasteiger partial charge is 0.598 e. The van der Waals surface area contributed by atoms with Crippen LogP contribution < -0.4 is 4.72 Å². The van der Waals surface area contributed by atoms with Gasteiger partial charge in [-0.3, -0.25) is 0 Å². The Morgan fingerprint density at radius 1 is 1.14 bits per heavy atom. The number of nitrogens with one attached hydrogen (secondary N) is 1. The van der Waals surface area contributed by atoms with Crippen LogP contribution in [0, 0.1) is 0 Å². The molecule has 7 nitrogen and oxygen atoms in total. The van der Waals surface area contributed by atoms with Crippen molar-refractivity contribution in [2.75, 3.05) is 13.2 Å². The number of rotatable bonds is 7. The highest BCUT2D eigenvalue weighted by Gasteiger charge is 2.55. The molecule has 204 valence electrons. The summed E-state index contributed by atoms with van der Waals surface area (Å²) in [4.78, 5) is 15.1. The molecule has 4 atom stereocenters. The first kappa shape index (κ1) is 29.5. The maximum atomic E-state index is 13.4. The van der Waals surface area contributed by atoms with Gasteiger partial charge in [0.05, 0.1) is 12.6 Å². The number of aliphatic hydroxyl groups excluding tert-OH is 2. The molecule has 3 rings (SSSR count). The monoisotopic (exact) mass is 530 g/mol. The van der Waals surface area contributed by atoms with Crippen LogP contribution in [0.2, 0.25) is 0 Å². The topological polar surface area (TPSA) is 105 Å². The van der Waals surface area contributed by atoms with E-state index in [0.717, 1.165) is 16.7 Å². The number of carbonyl (C=O) groups is 1. The van der Waals surface area contributed by atoms with Crippen molar-refractivity contribution in [1.82, 2.24) is 9.62 Å². The molecule has 1 amide bonds. The molecule has 2 aromatic carbocycles. The van der Waals surface area contributed by atoms with Crippen LogP contribution in [-0.2, 0) is 22.5 Å².